The first kappa shape index (κ1) is 19.7. The Morgan fingerprint density at radius 2 is 2.15 bits per heavy atom. The minimum absolute atomic E-state index is 0.159. The van der Waals surface area contributed by atoms with Crippen molar-refractivity contribution in [3.63, 3.8) is 0 Å². The molecule has 10 heteroatoms. The Morgan fingerprint density at radius 1 is 1.38 bits per heavy atom. The number of aromatic nitrogens is 1. The van der Waals surface area contributed by atoms with Gasteiger partial charge in [-0.25, -0.2) is 13.8 Å². The highest BCUT2D eigenvalue weighted by atomic mass is 35.5. The number of pyridine rings is 1. The standard InChI is InChI=1S/C16H17ClN4O4S/c1-25-15-7-6-12(17)9-14(15)21(26(2,23)24)11-16(22)20-19-10-13-5-3-4-8-18-13/h3-10H,11H2,1-2H3,(H,20,22)/b19-10-. The first-order valence-electron chi connectivity index (χ1n) is 7.35. The number of nitrogens with one attached hydrogen (secondary N) is 1. The number of amides is 1. The van der Waals surface area contributed by atoms with E-state index in [1.165, 1.54) is 25.5 Å². The van der Waals surface area contributed by atoms with E-state index in [4.69, 9.17) is 16.3 Å². The van der Waals surface area contributed by atoms with Gasteiger partial charge in [-0.1, -0.05) is 17.7 Å². The van der Waals surface area contributed by atoms with Gasteiger partial charge in [0.05, 0.1) is 31.0 Å². The van der Waals surface area contributed by atoms with Gasteiger partial charge in [0.2, 0.25) is 10.0 Å². The van der Waals surface area contributed by atoms with Gasteiger partial charge in [0.25, 0.3) is 5.91 Å². The number of nitrogens with zero attached hydrogens (tertiary/aromatic N) is 3. The van der Waals surface area contributed by atoms with E-state index in [1.54, 1.807) is 30.5 Å². The second-order valence-electron chi connectivity index (χ2n) is 5.13. The van der Waals surface area contributed by atoms with Crippen molar-refractivity contribution in [3.05, 3.63) is 53.3 Å². The normalized spacial score (nSPS) is 11.3. The van der Waals surface area contributed by atoms with Crippen LogP contribution in [0.5, 0.6) is 5.75 Å². The fourth-order valence-corrected chi connectivity index (χ4v) is 3.05. The predicted molar refractivity (Wildman–Crippen MR) is 100 cm³/mol. The molecule has 0 saturated heterocycles. The Hall–Kier alpha value is -2.65. The average molecular weight is 397 g/mol. The van der Waals surface area contributed by atoms with Crippen molar-refractivity contribution in [3.8, 4) is 5.75 Å². The van der Waals surface area contributed by atoms with E-state index in [9.17, 15) is 13.2 Å². The van der Waals surface area contributed by atoms with Gasteiger partial charge in [-0.05, 0) is 30.3 Å². The van der Waals surface area contributed by atoms with E-state index in [2.05, 4.69) is 15.5 Å². The summed E-state index contributed by atoms with van der Waals surface area (Å²) in [7, 11) is -2.38. The molecule has 1 heterocycles. The molecule has 0 saturated carbocycles. The topological polar surface area (TPSA) is 101 Å². The Kier molecular flexibility index (Phi) is 6.53. The molecule has 0 spiro atoms. The number of hydrogen-bond donors (Lipinski definition) is 1. The third kappa shape index (κ3) is 5.43. The van der Waals surface area contributed by atoms with E-state index in [1.807, 2.05) is 0 Å². The molecule has 138 valence electrons. The average Bonchev–Trinajstić information content (AvgIpc) is 2.59. The monoisotopic (exact) mass is 396 g/mol. The molecule has 2 rings (SSSR count). The summed E-state index contributed by atoms with van der Waals surface area (Å²) in [5.74, 6) is -0.366. The lowest BCUT2D eigenvalue weighted by Gasteiger charge is -2.23. The second kappa shape index (κ2) is 8.63. The van der Waals surface area contributed by atoms with Crippen LogP contribution >= 0.6 is 11.6 Å². The Labute approximate surface area is 156 Å². The van der Waals surface area contributed by atoms with Crippen LogP contribution in [0.3, 0.4) is 0 Å². The highest BCUT2D eigenvalue weighted by molar-refractivity contribution is 7.92. The summed E-state index contributed by atoms with van der Waals surface area (Å²) in [4.78, 5) is 16.1. The molecule has 1 N–H and O–H groups in total. The van der Waals surface area contributed by atoms with Crippen molar-refractivity contribution >= 4 is 39.4 Å². The highest BCUT2D eigenvalue weighted by Gasteiger charge is 2.24. The number of methoxy groups -OCH3 is 1. The number of sulfonamides is 1. The molecule has 0 radical (unpaired) electrons. The van der Waals surface area contributed by atoms with Gasteiger partial charge in [0.1, 0.15) is 12.3 Å². The van der Waals surface area contributed by atoms with Crippen LogP contribution in [0.15, 0.2) is 47.7 Å². The molecule has 0 unspecified atom stereocenters. The maximum atomic E-state index is 12.1. The number of hydrogen-bond acceptors (Lipinski definition) is 6. The summed E-state index contributed by atoms with van der Waals surface area (Å²) in [5, 5.41) is 4.07. The molecule has 0 aliphatic carbocycles. The fourth-order valence-electron chi connectivity index (χ4n) is 2.03. The van der Waals surface area contributed by atoms with Gasteiger partial charge in [0, 0.05) is 11.2 Å². The lowest BCUT2D eigenvalue weighted by molar-refractivity contribution is -0.119. The Morgan fingerprint density at radius 3 is 2.77 bits per heavy atom. The summed E-state index contributed by atoms with van der Waals surface area (Å²) in [6.07, 6.45) is 3.92. The number of benzene rings is 1. The Balaban J connectivity index is 2.18. The number of ether oxygens (including phenoxy) is 1. The van der Waals surface area contributed by atoms with E-state index < -0.39 is 22.5 Å². The zero-order valence-corrected chi connectivity index (χ0v) is 15.7. The molecule has 26 heavy (non-hydrogen) atoms. The van der Waals surface area contributed by atoms with Gasteiger partial charge in [-0.2, -0.15) is 5.10 Å². The maximum Gasteiger partial charge on any atom is 0.260 e. The number of anilines is 1. The largest absolute Gasteiger partial charge is 0.495 e. The van der Waals surface area contributed by atoms with Gasteiger partial charge >= 0.3 is 0 Å². The third-order valence-corrected chi connectivity index (χ3v) is 4.53. The molecule has 0 aliphatic rings. The molecule has 1 aromatic carbocycles. The molecule has 1 amide bonds. The smallest absolute Gasteiger partial charge is 0.260 e. The fraction of sp³-hybridized carbons (Fsp3) is 0.188. The van der Waals surface area contributed by atoms with Crippen LogP contribution in [0.1, 0.15) is 5.69 Å². The summed E-state index contributed by atoms with van der Waals surface area (Å²) < 4.78 is 30.3. The number of halogens is 1. The lowest BCUT2D eigenvalue weighted by atomic mass is 10.3. The lowest BCUT2D eigenvalue weighted by Crippen LogP contribution is -2.39. The first-order valence-corrected chi connectivity index (χ1v) is 9.58. The minimum Gasteiger partial charge on any atom is -0.495 e. The van der Waals surface area contributed by atoms with Crippen molar-refractivity contribution in [2.45, 2.75) is 0 Å². The van der Waals surface area contributed by atoms with Gasteiger partial charge in [-0.3, -0.25) is 14.1 Å². The molecule has 0 fully saturated rings. The van der Waals surface area contributed by atoms with E-state index in [0.717, 1.165) is 10.6 Å². The van der Waals surface area contributed by atoms with Crippen LogP contribution in [0.25, 0.3) is 0 Å². The molecule has 0 atom stereocenters. The molecule has 2 aromatic rings. The number of carbonyl (C=O) groups is 1. The third-order valence-electron chi connectivity index (χ3n) is 3.17. The summed E-state index contributed by atoms with van der Waals surface area (Å²) >= 11 is 5.95. The summed E-state index contributed by atoms with van der Waals surface area (Å²) in [5.41, 5.74) is 2.97. The van der Waals surface area contributed by atoms with Gasteiger partial charge in [-0.15, -0.1) is 0 Å². The highest BCUT2D eigenvalue weighted by Crippen LogP contribution is 2.32. The molecule has 8 nitrogen and oxygen atoms in total. The Bertz CT molecular complexity index is 904. The van der Waals surface area contributed by atoms with Crippen LogP contribution < -0.4 is 14.5 Å². The van der Waals surface area contributed by atoms with Crippen molar-refractivity contribution in [2.24, 2.45) is 5.10 Å². The van der Waals surface area contributed by atoms with Crippen LogP contribution in [0.4, 0.5) is 5.69 Å². The summed E-state index contributed by atoms with van der Waals surface area (Å²) in [6, 6.07) is 9.71. The van der Waals surface area contributed by atoms with Crippen LogP contribution in [0.2, 0.25) is 5.02 Å². The number of rotatable bonds is 7. The number of carbonyl (C=O) groups excluding carboxylic acids is 1. The zero-order valence-electron chi connectivity index (χ0n) is 14.1. The van der Waals surface area contributed by atoms with Crippen LogP contribution in [-0.2, 0) is 14.8 Å². The van der Waals surface area contributed by atoms with Crippen molar-refractivity contribution in [1.82, 2.24) is 10.4 Å². The van der Waals surface area contributed by atoms with Gasteiger partial charge in [0.15, 0.2) is 0 Å². The first-order chi connectivity index (χ1) is 12.3. The molecule has 1 aromatic heterocycles. The minimum atomic E-state index is -3.77. The van der Waals surface area contributed by atoms with Crippen LogP contribution in [-0.4, -0.2) is 45.4 Å². The SMILES string of the molecule is COc1ccc(Cl)cc1N(CC(=O)N/N=C\c1ccccn1)S(C)(=O)=O. The van der Waals surface area contributed by atoms with Crippen LogP contribution in [0, 0.1) is 0 Å². The second-order valence-corrected chi connectivity index (χ2v) is 7.48. The van der Waals surface area contributed by atoms with Gasteiger partial charge < -0.3 is 4.74 Å². The molecular formula is C16H17ClN4O4S. The summed E-state index contributed by atoms with van der Waals surface area (Å²) in [6.45, 7) is -0.491. The molecule has 0 bridgehead atoms. The van der Waals surface area contributed by atoms with Crippen molar-refractivity contribution < 1.29 is 17.9 Å². The van der Waals surface area contributed by atoms with E-state index in [0.29, 0.717) is 10.7 Å². The number of hydrazone groups is 1. The zero-order chi connectivity index (χ0) is 19.2. The molecular weight excluding hydrogens is 380 g/mol. The van der Waals surface area contributed by atoms with Crippen molar-refractivity contribution in [1.29, 1.82) is 0 Å². The predicted octanol–water partition coefficient (Wildman–Crippen LogP) is 1.66. The molecule has 0 aliphatic heterocycles. The van der Waals surface area contributed by atoms with Crippen molar-refractivity contribution in [2.75, 3.05) is 24.2 Å². The van der Waals surface area contributed by atoms with E-state index >= 15 is 0 Å². The quantitative estimate of drug-likeness (QED) is 0.566. The van der Waals surface area contributed by atoms with E-state index in [-0.39, 0.29) is 11.4 Å². The maximum absolute atomic E-state index is 12.1.